The first-order chi connectivity index (χ1) is 9.58. The summed E-state index contributed by atoms with van der Waals surface area (Å²) in [6.07, 6.45) is 1.70. The fourth-order valence-electron chi connectivity index (χ4n) is 2.19. The Kier molecular flexibility index (Phi) is 6.19. The monoisotopic (exact) mass is 306 g/mol. The van der Waals surface area contributed by atoms with Crippen molar-refractivity contribution >= 4 is 29.1 Å². The molecule has 1 amide bonds. The van der Waals surface area contributed by atoms with E-state index in [4.69, 9.17) is 5.73 Å². The Balaban J connectivity index is 0.00000220. The van der Waals surface area contributed by atoms with Crippen LogP contribution in [0.2, 0.25) is 0 Å². The standard InChI is InChI=1S/C17H22N2O.ClH/c1-3-17(18,4-2)12-19-16(20)15-10-9-13-7-5-6-8-14(13)11-15;/h5-11H,3-4,12,18H2,1-2H3,(H,19,20);1H. The summed E-state index contributed by atoms with van der Waals surface area (Å²) < 4.78 is 0. The number of halogens is 1. The van der Waals surface area contributed by atoms with Gasteiger partial charge < -0.3 is 11.1 Å². The fourth-order valence-corrected chi connectivity index (χ4v) is 2.19. The predicted octanol–water partition coefficient (Wildman–Crippen LogP) is 3.51. The predicted molar refractivity (Wildman–Crippen MR) is 91.0 cm³/mol. The van der Waals surface area contributed by atoms with Crippen molar-refractivity contribution in [1.82, 2.24) is 5.32 Å². The molecule has 0 aliphatic rings. The van der Waals surface area contributed by atoms with E-state index in [0.29, 0.717) is 12.1 Å². The Morgan fingerprint density at radius 2 is 1.71 bits per heavy atom. The van der Waals surface area contributed by atoms with Gasteiger partial charge in [-0.15, -0.1) is 12.4 Å². The minimum absolute atomic E-state index is 0. The zero-order valence-electron chi connectivity index (χ0n) is 12.6. The largest absolute Gasteiger partial charge is 0.350 e. The van der Waals surface area contributed by atoms with Crippen molar-refractivity contribution < 1.29 is 4.79 Å². The number of hydrogen-bond acceptors (Lipinski definition) is 2. The molecule has 2 aromatic carbocycles. The van der Waals surface area contributed by atoms with Gasteiger partial charge in [-0.3, -0.25) is 4.79 Å². The maximum absolute atomic E-state index is 12.2. The summed E-state index contributed by atoms with van der Waals surface area (Å²) in [5.41, 5.74) is 6.56. The Bertz CT molecular complexity index is 609. The molecular formula is C17H23ClN2O. The molecule has 0 saturated heterocycles. The lowest BCUT2D eigenvalue weighted by atomic mass is 9.94. The normalized spacial score (nSPS) is 11.0. The van der Waals surface area contributed by atoms with Crippen LogP contribution in [0.5, 0.6) is 0 Å². The number of carbonyl (C=O) groups is 1. The number of hydrogen-bond donors (Lipinski definition) is 2. The second-order valence-corrected chi connectivity index (χ2v) is 5.31. The molecular weight excluding hydrogens is 284 g/mol. The number of rotatable bonds is 5. The van der Waals surface area contributed by atoms with Gasteiger partial charge in [0.25, 0.3) is 5.91 Å². The highest BCUT2D eigenvalue weighted by Crippen LogP contribution is 2.16. The molecule has 21 heavy (non-hydrogen) atoms. The number of amides is 1. The van der Waals surface area contributed by atoms with Crippen LogP contribution in [-0.4, -0.2) is 18.0 Å². The molecule has 0 fully saturated rings. The van der Waals surface area contributed by atoms with E-state index in [1.807, 2.05) is 56.3 Å². The van der Waals surface area contributed by atoms with Crippen molar-refractivity contribution in [3.63, 3.8) is 0 Å². The van der Waals surface area contributed by atoms with Crippen molar-refractivity contribution in [3.05, 3.63) is 48.0 Å². The zero-order valence-corrected chi connectivity index (χ0v) is 13.4. The molecule has 0 heterocycles. The van der Waals surface area contributed by atoms with Crippen molar-refractivity contribution in [3.8, 4) is 0 Å². The van der Waals surface area contributed by atoms with Crippen LogP contribution >= 0.6 is 12.4 Å². The second-order valence-electron chi connectivity index (χ2n) is 5.31. The van der Waals surface area contributed by atoms with Crippen LogP contribution in [-0.2, 0) is 0 Å². The third-order valence-electron chi connectivity index (χ3n) is 4.02. The van der Waals surface area contributed by atoms with Gasteiger partial charge in [0.2, 0.25) is 0 Å². The number of benzene rings is 2. The molecule has 114 valence electrons. The summed E-state index contributed by atoms with van der Waals surface area (Å²) in [6, 6.07) is 13.8. The van der Waals surface area contributed by atoms with Crippen molar-refractivity contribution in [1.29, 1.82) is 0 Å². The Morgan fingerprint density at radius 3 is 2.33 bits per heavy atom. The molecule has 0 atom stereocenters. The zero-order chi connectivity index (χ0) is 14.6. The van der Waals surface area contributed by atoms with Gasteiger partial charge >= 0.3 is 0 Å². The third-order valence-corrected chi connectivity index (χ3v) is 4.02. The van der Waals surface area contributed by atoms with Gasteiger partial charge in [0.1, 0.15) is 0 Å². The molecule has 2 aromatic rings. The first kappa shape index (κ1) is 17.5. The molecule has 0 aromatic heterocycles. The molecule has 0 bridgehead atoms. The average Bonchev–Trinajstić information content (AvgIpc) is 2.51. The first-order valence-corrected chi connectivity index (χ1v) is 7.14. The second kappa shape index (κ2) is 7.43. The van der Waals surface area contributed by atoms with E-state index < -0.39 is 0 Å². The highest BCUT2D eigenvalue weighted by molar-refractivity contribution is 5.98. The lowest BCUT2D eigenvalue weighted by Gasteiger charge is -2.26. The van der Waals surface area contributed by atoms with Gasteiger partial charge in [0, 0.05) is 17.6 Å². The lowest BCUT2D eigenvalue weighted by molar-refractivity contribution is 0.0942. The lowest BCUT2D eigenvalue weighted by Crippen LogP contribution is -2.49. The van der Waals surface area contributed by atoms with Crippen LogP contribution in [0.4, 0.5) is 0 Å². The maximum Gasteiger partial charge on any atom is 0.251 e. The van der Waals surface area contributed by atoms with E-state index in [0.717, 1.165) is 23.6 Å². The molecule has 0 radical (unpaired) electrons. The molecule has 3 N–H and O–H groups in total. The number of nitrogens with one attached hydrogen (secondary N) is 1. The van der Waals surface area contributed by atoms with Gasteiger partial charge in [0.05, 0.1) is 0 Å². The summed E-state index contributed by atoms with van der Waals surface area (Å²) in [7, 11) is 0. The van der Waals surface area contributed by atoms with Crippen molar-refractivity contribution in [2.24, 2.45) is 5.73 Å². The molecule has 4 heteroatoms. The van der Waals surface area contributed by atoms with Crippen LogP contribution in [0.1, 0.15) is 37.0 Å². The molecule has 3 nitrogen and oxygen atoms in total. The highest BCUT2D eigenvalue weighted by Gasteiger charge is 2.21. The fraction of sp³-hybridized carbons (Fsp3) is 0.353. The summed E-state index contributed by atoms with van der Waals surface area (Å²) in [4.78, 5) is 12.2. The summed E-state index contributed by atoms with van der Waals surface area (Å²) in [6.45, 7) is 4.60. The smallest absolute Gasteiger partial charge is 0.251 e. The Hall–Kier alpha value is -1.58. The summed E-state index contributed by atoms with van der Waals surface area (Å²) in [5.74, 6) is -0.0625. The summed E-state index contributed by atoms with van der Waals surface area (Å²) in [5, 5.41) is 5.15. The van der Waals surface area contributed by atoms with Crippen molar-refractivity contribution in [2.75, 3.05) is 6.54 Å². The topological polar surface area (TPSA) is 55.1 Å². The van der Waals surface area contributed by atoms with E-state index in [-0.39, 0.29) is 23.9 Å². The van der Waals surface area contributed by atoms with E-state index in [9.17, 15) is 4.79 Å². The number of fused-ring (bicyclic) bond motifs is 1. The maximum atomic E-state index is 12.2. The van der Waals surface area contributed by atoms with E-state index in [2.05, 4.69) is 5.32 Å². The van der Waals surface area contributed by atoms with Gasteiger partial charge in [0.15, 0.2) is 0 Å². The highest BCUT2D eigenvalue weighted by atomic mass is 35.5. The molecule has 0 saturated carbocycles. The van der Waals surface area contributed by atoms with Crippen LogP contribution in [0.25, 0.3) is 10.8 Å². The molecule has 0 unspecified atom stereocenters. The SMILES string of the molecule is CCC(N)(CC)CNC(=O)c1ccc2ccccc2c1.Cl. The van der Waals surface area contributed by atoms with Crippen molar-refractivity contribution in [2.45, 2.75) is 32.2 Å². The first-order valence-electron chi connectivity index (χ1n) is 7.14. The van der Waals surface area contributed by atoms with Crippen LogP contribution in [0.15, 0.2) is 42.5 Å². The minimum atomic E-state index is -0.313. The van der Waals surface area contributed by atoms with Gasteiger partial charge in [-0.1, -0.05) is 44.2 Å². The van der Waals surface area contributed by atoms with Crippen LogP contribution < -0.4 is 11.1 Å². The van der Waals surface area contributed by atoms with E-state index >= 15 is 0 Å². The molecule has 0 spiro atoms. The minimum Gasteiger partial charge on any atom is -0.350 e. The van der Waals surface area contributed by atoms with Gasteiger partial charge in [-0.2, -0.15) is 0 Å². The van der Waals surface area contributed by atoms with Crippen LogP contribution in [0.3, 0.4) is 0 Å². The Labute approximate surface area is 132 Å². The molecule has 2 rings (SSSR count). The summed E-state index contributed by atoms with van der Waals surface area (Å²) >= 11 is 0. The Morgan fingerprint density at radius 1 is 1.10 bits per heavy atom. The average molecular weight is 307 g/mol. The quantitative estimate of drug-likeness (QED) is 0.888. The van der Waals surface area contributed by atoms with E-state index in [1.165, 1.54) is 0 Å². The number of nitrogens with two attached hydrogens (primary N) is 1. The third kappa shape index (κ3) is 4.19. The van der Waals surface area contributed by atoms with Gasteiger partial charge in [-0.25, -0.2) is 0 Å². The van der Waals surface area contributed by atoms with E-state index in [1.54, 1.807) is 0 Å². The molecule has 0 aliphatic heterocycles. The molecule has 0 aliphatic carbocycles. The van der Waals surface area contributed by atoms with Gasteiger partial charge in [-0.05, 0) is 35.7 Å². The van der Waals surface area contributed by atoms with Crippen LogP contribution in [0, 0.1) is 0 Å². The number of carbonyl (C=O) groups excluding carboxylic acids is 1.